The molecular weight excluding hydrogens is 504 g/mol. The van der Waals surface area contributed by atoms with Gasteiger partial charge in [0.15, 0.2) is 0 Å². The molecule has 2 aliphatic carbocycles. The molecule has 9 heteroatoms. The van der Waals surface area contributed by atoms with E-state index in [2.05, 4.69) is 45.2 Å². The van der Waals surface area contributed by atoms with Crippen LogP contribution in [0, 0.1) is 11.8 Å². The van der Waals surface area contributed by atoms with Gasteiger partial charge in [0.05, 0.1) is 18.2 Å². The Kier molecular flexibility index (Phi) is 6.21. The average Bonchev–Trinajstić information content (AvgIpc) is 3.41. The van der Waals surface area contributed by atoms with E-state index in [1.54, 1.807) is 6.20 Å². The van der Waals surface area contributed by atoms with Crippen LogP contribution in [0.25, 0.3) is 28.0 Å². The summed E-state index contributed by atoms with van der Waals surface area (Å²) in [5.41, 5.74) is 2.87. The van der Waals surface area contributed by atoms with Crippen LogP contribution in [0.4, 0.5) is 5.95 Å². The average molecular weight is 537 g/mol. The van der Waals surface area contributed by atoms with E-state index < -0.39 is 0 Å². The number of ether oxygens (including phenoxy) is 1. The van der Waals surface area contributed by atoms with Gasteiger partial charge in [-0.3, -0.25) is 14.2 Å². The Balaban J connectivity index is 1.22. The lowest BCUT2D eigenvalue weighted by Crippen LogP contribution is -2.32. The first-order valence-electron chi connectivity index (χ1n) is 14.2. The number of rotatable bonds is 7. The van der Waals surface area contributed by atoms with Crippen molar-refractivity contribution >= 4 is 28.6 Å². The van der Waals surface area contributed by atoms with Gasteiger partial charge in [0.1, 0.15) is 11.6 Å². The second-order valence-electron chi connectivity index (χ2n) is 11.0. The number of anilines is 1. The number of aromatic nitrogens is 4. The van der Waals surface area contributed by atoms with Crippen LogP contribution < -0.4 is 5.32 Å². The molecule has 1 saturated carbocycles. The van der Waals surface area contributed by atoms with Crippen LogP contribution >= 0.6 is 0 Å². The van der Waals surface area contributed by atoms with Gasteiger partial charge in [-0.05, 0) is 49.1 Å². The fourth-order valence-electron chi connectivity index (χ4n) is 6.00. The number of carbonyl (C=O) groups excluding carboxylic acids is 2. The molecular formula is C31H32N6O3. The molecule has 2 fully saturated rings. The summed E-state index contributed by atoms with van der Waals surface area (Å²) in [5, 5.41) is 5.76. The maximum Gasteiger partial charge on any atom is 0.309 e. The molecule has 3 aliphatic rings. The summed E-state index contributed by atoms with van der Waals surface area (Å²) in [5.74, 6) is 2.10. The van der Waals surface area contributed by atoms with Crippen LogP contribution in [0.3, 0.4) is 0 Å². The minimum atomic E-state index is -0.248. The molecule has 3 heterocycles. The molecule has 40 heavy (non-hydrogen) atoms. The Hall–Kier alpha value is -4.27. The highest BCUT2D eigenvalue weighted by Crippen LogP contribution is 2.36. The zero-order valence-corrected chi connectivity index (χ0v) is 22.5. The summed E-state index contributed by atoms with van der Waals surface area (Å²) in [6.07, 6.45) is 5.75. The lowest BCUT2D eigenvalue weighted by molar-refractivity contribution is -0.147. The van der Waals surface area contributed by atoms with Crippen molar-refractivity contribution in [2.24, 2.45) is 11.8 Å². The highest BCUT2D eigenvalue weighted by Gasteiger charge is 2.37. The first kappa shape index (κ1) is 24.7. The Morgan fingerprint density at radius 2 is 1.85 bits per heavy atom. The summed E-state index contributed by atoms with van der Waals surface area (Å²) < 4.78 is 7.41. The second kappa shape index (κ2) is 10.0. The summed E-state index contributed by atoms with van der Waals surface area (Å²) in [6, 6.07) is 16.6. The van der Waals surface area contributed by atoms with Crippen LogP contribution in [-0.4, -0.2) is 62.0 Å². The third-order valence-corrected chi connectivity index (χ3v) is 8.19. The van der Waals surface area contributed by atoms with Crippen LogP contribution in [0.2, 0.25) is 0 Å². The Morgan fingerprint density at radius 1 is 1.00 bits per heavy atom. The van der Waals surface area contributed by atoms with Crippen molar-refractivity contribution in [2.45, 2.75) is 45.1 Å². The smallest absolute Gasteiger partial charge is 0.309 e. The lowest BCUT2D eigenvalue weighted by Gasteiger charge is -2.17. The number of imidazole rings is 1. The van der Waals surface area contributed by atoms with Gasteiger partial charge in [0, 0.05) is 55.3 Å². The predicted octanol–water partition coefficient (Wildman–Crippen LogP) is 4.18. The first-order valence-corrected chi connectivity index (χ1v) is 14.2. The fourth-order valence-corrected chi connectivity index (χ4v) is 6.00. The number of amides is 1. The quantitative estimate of drug-likeness (QED) is 0.354. The number of nitrogens with one attached hydrogen (secondary N) is 1. The van der Waals surface area contributed by atoms with Crippen LogP contribution in [0.5, 0.6) is 0 Å². The van der Waals surface area contributed by atoms with E-state index in [1.807, 2.05) is 30.0 Å². The minimum absolute atomic E-state index is 0.111. The Bertz CT molecular complexity index is 1610. The van der Waals surface area contributed by atoms with E-state index in [-0.39, 0.29) is 29.8 Å². The molecule has 1 unspecified atom stereocenters. The normalized spacial score (nSPS) is 20.1. The molecule has 1 amide bonds. The molecule has 1 saturated heterocycles. The van der Waals surface area contributed by atoms with Crippen LogP contribution in [0.1, 0.15) is 37.6 Å². The topological polar surface area (TPSA) is 102 Å². The number of likely N-dealkylation sites (tertiary alicyclic amines) is 1. The number of carbonyl (C=O) groups is 2. The fraction of sp³-hybridized carbons (Fsp3) is 0.387. The summed E-state index contributed by atoms with van der Waals surface area (Å²) >= 11 is 0. The number of hydrogen-bond donors (Lipinski definition) is 1. The van der Waals surface area contributed by atoms with Gasteiger partial charge >= 0.3 is 5.97 Å². The summed E-state index contributed by atoms with van der Waals surface area (Å²) in [7, 11) is 0. The van der Waals surface area contributed by atoms with Gasteiger partial charge in [0.2, 0.25) is 11.9 Å². The van der Waals surface area contributed by atoms with Crippen molar-refractivity contribution in [1.29, 1.82) is 0 Å². The molecule has 1 N–H and O–H groups in total. The van der Waals surface area contributed by atoms with E-state index in [4.69, 9.17) is 14.7 Å². The first-order chi connectivity index (χ1) is 19.6. The summed E-state index contributed by atoms with van der Waals surface area (Å²) in [4.78, 5) is 41.6. The number of esters is 1. The van der Waals surface area contributed by atoms with Crippen molar-refractivity contribution in [1.82, 2.24) is 24.4 Å². The van der Waals surface area contributed by atoms with E-state index in [0.29, 0.717) is 37.8 Å². The van der Waals surface area contributed by atoms with Crippen LogP contribution in [-0.2, 0) is 27.2 Å². The zero-order valence-electron chi connectivity index (χ0n) is 22.5. The van der Waals surface area contributed by atoms with E-state index >= 15 is 0 Å². The second-order valence-corrected chi connectivity index (χ2v) is 11.0. The van der Waals surface area contributed by atoms with Gasteiger partial charge < -0.3 is 15.0 Å². The molecule has 2 atom stereocenters. The zero-order chi connectivity index (χ0) is 27.2. The van der Waals surface area contributed by atoms with Crippen molar-refractivity contribution in [3.05, 3.63) is 66.1 Å². The third kappa shape index (κ3) is 4.59. The largest absolute Gasteiger partial charge is 0.466 e. The maximum absolute atomic E-state index is 12.6. The molecule has 0 bridgehead atoms. The number of fused-ring (bicyclic) bond motifs is 2. The van der Waals surface area contributed by atoms with E-state index in [1.165, 1.54) is 5.39 Å². The van der Waals surface area contributed by atoms with Gasteiger partial charge in [-0.1, -0.05) is 36.4 Å². The summed E-state index contributed by atoms with van der Waals surface area (Å²) in [6.45, 7) is 3.63. The van der Waals surface area contributed by atoms with Crippen molar-refractivity contribution in [2.75, 3.05) is 25.0 Å². The predicted molar refractivity (Wildman–Crippen MR) is 151 cm³/mol. The highest BCUT2D eigenvalue weighted by molar-refractivity contribution is 5.87. The van der Waals surface area contributed by atoms with Gasteiger partial charge in [0.25, 0.3) is 0 Å². The standard InChI is InChI=1S/C31H32N6O3/c1-2-40-30(39)23-16-25-26(17-23)37(28(34-25)22-10-7-19-5-3-4-6-21(19)15-22)27-11-13-32-31(35-27)33-24-12-14-36(18-24)29(38)20-8-9-20/h3-7,10-11,13,15,20,23-24H,2,8-9,12,14,16-18H2,1H3,(H,32,33,35)/t23?,24-/m0/s1. The Morgan fingerprint density at radius 3 is 2.67 bits per heavy atom. The Labute approximate surface area is 232 Å². The van der Waals surface area contributed by atoms with Gasteiger partial charge in [-0.2, -0.15) is 4.98 Å². The van der Waals surface area contributed by atoms with E-state index in [9.17, 15) is 9.59 Å². The number of nitrogens with zero attached hydrogens (tertiary/aromatic N) is 5. The van der Waals surface area contributed by atoms with Crippen LogP contribution in [0.15, 0.2) is 54.7 Å². The highest BCUT2D eigenvalue weighted by atomic mass is 16.5. The number of hydrogen-bond acceptors (Lipinski definition) is 7. The molecule has 0 radical (unpaired) electrons. The molecule has 0 spiro atoms. The van der Waals surface area contributed by atoms with Crippen molar-refractivity contribution < 1.29 is 14.3 Å². The number of benzene rings is 2. The monoisotopic (exact) mass is 536 g/mol. The molecule has 7 rings (SSSR count). The molecule has 1 aliphatic heterocycles. The lowest BCUT2D eigenvalue weighted by atomic mass is 10.1. The van der Waals surface area contributed by atoms with Gasteiger partial charge in [-0.25, -0.2) is 9.97 Å². The van der Waals surface area contributed by atoms with E-state index in [0.717, 1.165) is 54.0 Å². The molecule has 2 aromatic heterocycles. The molecule has 4 aromatic rings. The van der Waals surface area contributed by atoms with Crippen molar-refractivity contribution in [3.63, 3.8) is 0 Å². The molecule has 9 nitrogen and oxygen atoms in total. The van der Waals surface area contributed by atoms with Gasteiger partial charge in [-0.15, -0.1) is 0 Å². The maximum atomic E-state index is 12.6. The SMILES string of the molecule is CCOC(=O)C1Cc2nc(-c3ccc4ccccc4c3)n(-c3ccnc(N[C@H]4CCN(C(=O)C5CC5)C4)n3)c2C1. The molecule has 204 valence electrons. The third-order valence-electron chi connectivity index (χ3n) is 8.19. The molecule has 2 aromatic carbocycles. The van der Waals surface area contributed by atoms with Crippen molar-refractivity contribution in [3.8, 4) is 17.2 Å². The minimum Gasteiger partial charge on any atom is -0.466 e.